The first-order chi connectivity index (χ1) is 6.90. The molecule has 0 saturated carbocycles. The maximum Gasteiger partial charge on any atom is 0.162 e. The third-order valence-electron chi connectivity index (χ3n) is 3.65. The summed E-state index contributed by atoms with van der Waals surface area (Å²) in [5, 5.41) is 0. The second-order valence-electron chi connectivity index (χ2n) is 5.29. The number of hydrogen-bond donors (Lipinski definition) is 0. The van der Waals surface area contributed by atoms with Crippen LogP contribution in [0.4, 0.5) is 0 Å². The van der Waals surface area contributed by atoms with Gasteiger partial charge >= 0.3 is 0 Å². The van der Waals surface area contributed by atoms with Crippen LogP contribution in [0.15, 0.2) is 23.3 Å². The first-order valence-corrected chi connectivity index (χ1v) is 5.73. The summed E-state index contributed by atoms with van der Waals surface area (Å²) in [5.41, 5.74) is 2.80. The highest BCUT2D eigenvalue weighted by molar-refractivity contribution is 5.94. The Labute approximate surface area is 93.3 Å². The molecule has 1 aliphatic carbocycles. The van der Waals surface area contributed by atoms with Crippen molar-refractivity contribution in [3.8, 4) is 0 Å². The lowest BCUT2D eigenvalue weighted by Crippen LogP contribution is -2.34. The fourth-order valence-corrected chi connectivity index (χ4v) is 2.54. The molecule has 15 heavy (non-hydrogen) atoms. The number of ketones is 1. The van der Waals surface area contributed by atoms with E-state index in [1.807, 2.05) is 13.0 Å². The Hall–Kier alpha value is -0.850. The molecular formula is C14H22O. The van der Waals surface area contributed by atoms with Crippen LogP contribution in [-0.4, -0.2) is 5.78 Å². The molecule has 1 heteroatoms. The van der Waals surface area contributed by atoms with E-state index in [0.717, 1.165) is 12.8 Å². The van der Waals surface area contributed by atoms with Crippen molar-refractivity contribution in [1.29, 1.82) is 0 Å². The van der Waals surface area contributed by atoms with Gasteiger partial charge in [0.15, 0.2) is 5.78 Å². The quantitative estimate of drug-likeness (QED) is 0.494. The van der Waals surface area contributed by atoms with E-state index in [9.17, 15) is 4.79 Å². The number of rotatable bonds is 2. The van der Waals surface area contributed by atoms with Crippen LogP contribution >= 0.6 is 0 Å². The molecule has 84 valence electrons. The van der Waals surface area contributed by atoms with Crippen LogP contribution in [0.1, 0.15) is 47.5 Å². The van der Waals surface area contributed by atoms with Gasteiger partial charge in [0, 0.05) is 5.92 Å². The average molecular weight is 206 g/mol. The molecule has 0 N–H and O–H groups in total. The smallest absolute Gasteiger partial charge is 0.162 e. The topological polar surface area (TPSA) is 17.1 Å². The van der Waals surface area contributed by atoms with Gasteiger partial charge in [0.25, 0.3) is 0 Å². The molecule has 0 aromatic carbocycles. The third kappa shape index (κ3) is 2.39. The minimum Gasteiger partial charge on any atom is -0.294 e. The van der Waals surface area contributed by atoms with Crippen LogP contribution in [0.25, 0.3) is 0 Å². The van der Waals surface area contributed by atoms with E-state index in [2.05, 4.69) is 27.7 Å². The first-order valence-electron chi connectivity index (χ1n) is 5.73. The maximum absolute atomic E-state index is 12.0. The summed E-state index contributed by atoms with van der Waals surface area (Å²) >= 11 is 0. The zero-order valence-electron chi connectivity index (χ0n) is 10.6. The molecule has 0 saturated heterocycles. The standard InChI is InChI=1S/C14H22O/c1-6-7-12(15)13-11(3)10(2)8-9-14(13,4)5/h6-7,13H,8-9H2,1-5H3/b7-6+. The second-order valence-corrected chi connectivity index (χ2v) is 5.29. The highest BCUT2D eigenvalue weighted by Crippen LogP contribution is 2.44. The molecule has 1 atom stereocenters. The van der Waals surface area contributed by atoms with Gasteiger partial charge < -0.3 is 0 Å². The van der Waals surface area contributed by atoms with Gasteiger partial charge in [-0.25, -0.2) is 0 Å². The lowest BCUT2D eigenvalue weighted by atomic mass is 9.65. The van der Waals surface area contributed by atoms with Gasteiger partial charge in [0.05, 0.1) is 0 Å². The SMILES string of the molecule is C/C=C/C(=O)C1C(C)=C(C)CCC1(C)C. The highest BCUT2D eigenvalue weighted by atomic mass is 16.1. The van der Waals surface area contributed by atoms with Gasteiger partial charge in [-0.05, 0) is 45.1 Å². The lowest BCUT2D eigenvalue weighted by Gasteiger charge is -2.38. The van der Waals surface area contributed by atoms with Crippen molar-refractivity contribution in [2.75, 3.05) is 0 Å². The summed E-state index contributed by atoms with van der Waals surface area (Å²) in [6.07, 6.45) is 5.81. The van der Waals surface area contributed by atoms with Crippen LogP contribution in [0.2, 0.25) is 0 Å². The molecule has 1 aliphatic rings. The summed E-state index contributed by atoms with van der Waals surface area (Å²) in [7, 11) is 0. The minimum atomic E-state index is 0.0856. The Morgan fingerprint density at radius 2 is 2.00 bits per heavy atom. The van der Waals surface area contributed by atoms with Crippen LogP contribution in [-0.2, 0) is 4.79 Å². The predicted molar refractivity (Wildman–Crippen MR) is 64.7 cm³/mol. The summed E-state index contributed by atoms with van der Waals surface area (Å²) in [5.74, 6) is 0.349. The predicted octanol–water partition coefficient (Wildman–Crippen LogP) is 3.90. The van der Waals surface area contributed by atoms with Crippen molar-refractivity contribution in [3.63, 3.8) is 0 Å². The average Bonchev–Trinajstić information content (AvgIpc) is 2.12. The normalized spacial score (nSPS) is 26.1. The Morgan fingerprint density at radius 3 is 2.53 bits per heavy atom. The van der Waals surface area contributed by atoms with Crippen LogP contribution in [0.3, 0.4) is 0 Å². The van der Waals surface area contributed by atoms with E-state index >= 15 is 0 Å². The Balaban J connectivity index is 3.09. The van der Waals surface area contributed by atoms with E-state index in [4.69, 9.17) is 0 Å². The van der Waals surface area contributed by atoms with E-state index in [1.165, 1.54) is 11.1 Å². The molecule has 0 radical (unpaired) electrons. The van der Waals surface area contributed by atoms with Crippen LogP contribution < -0.4 is 0 Å². The second kappa shape index (κ2) is 4.34. The molecule has 0 bridgehead atoms. The fraction of sp³-hybridized carbons (Fsp3) is 0.643. The lowest BCUT2D eigenvalue weighted by molar-refractivity contribution is -0.120. The Kier molecular flexibility index (Phi) is 3.54. The molecule has 0 aliphatic heterocycles. The molecular weight excluding hydrogens is 184 g/mol. The fourth-order valence-electron chi connectivity index (χ4n) is 2.54. The highest BCUT2D eigenvalue weighted by Gasteiger charge is 2.38. The van der Waals surface area contributed by atoms with E-state index < -0.39 is 0 Å². The van der Waals surface area contributed by atoms with Gasteiger partial charge in [0.1, 0.15) is 0 Å². The van der Waals surface area contributed by atoms with Crippen molar-refractivity contribution in [1.82, 2.24) is 0 Å². The Morgan fingerprint density at radius 1 is 1.40 bits per heavy atom. The molecule has 1 nitrogen and oxygen atoms in total. The zero-order chi connectivity index (χ0) is 11.6. The van der Waals surface area contributed by atoms with Crippen molar-refractivity contribution in [3.05, 3.63) is 23.3 Å². The molecule has 0 fully saturated rings. The summed E-state index contributed by atoms with van der Waals surface area (Å²) in [4.78, 5) is 12.0. The molecule has 0 heterocycles. The van der Waals surface area contributed by atoms with Gasteiger partial charge in [-0.15, -0.1) is 0 Å². The van der Waals surface area contributed by atoms with E-state index in [1.54, 1.807) is 6.08 Å². The monoisotopic (exact) mass is 206 g/mol. The van der Waals surface area contributed by atoms with Gasteiger partial charge in [0.2, 0.25) is 0 Å². The maximum atomic E-state index is 12.0. The third-order valence-corrected chi connectivity index (χ3v) is 3.65. The van der Waals surface area contributed by atoms with Gasteiger partial charge in [-0.3, -0.25) is 4.79 Å². The number of carbonyl (C=O) groups is 1. The summed E-state index contributed by atoms with van der Waals surface area (Å²) in [6.45, 7) is 10.6. The molecule has 1 rings (SSSR count). The summed E-state index contributed by atoms with van der Waals surface area (Å²) in [6, 6.07) is 0. The van der Waals surface area contributed by atoms with Crippen molar-refractivity contribution in [2.24, 2.45) is 11.3 Å². The van der Waals surface area contributed by atoms with Crippen molar-refractivity contribution >= 4 is 5.78 Å². The largest absolute Gasteiger partial charge is 0.294 e. The van der Waals surface area contributed by atoms with Gasteiger partial charge in [-0.1, -0.05) is 31.1 Å². The van der Waals surface area contributed by atoms with Crippen LogP contribution in [0, 0.1) is 11.3 Å². The van der Waals surface area contributed by atoms with E-state index in [0.29, 0.717) is 0 Å². The number of allylic oxidation sites excluding steroid dienone is 4. The Bertz CT molecular complexity index is 318. The summed E-state index contributed by atoms with van der Waals surface area (Å²) < 4.78 is 0. The molecule has 1 unspecified atom stereocenters. The molecule has 0 amide bonds. The van der Waals surface area contributed by atoms with Crippen molar-refractivity contribution < 1.29 is 4.79 Å². The minimum absolute atomic E-state index is 0.0856. The zero-order valence-corrected chi connectivity index (χ0v) is 10.6. The number of hydrogen-bond acceptors (Lipinski definition) is 1. The van der Waals surface area contributed by atoms with E-state index in [-0.39, 0.29) is 17.1 Å². The van der Waals surface area contributed by atoms with Crippen LogP contribution in [0.5, 0.6) is 0 Å². The molecule has 0 aromatic rings. The molecule has 0 aromatic heterocycles. The number of carbonyl (C=O) groups excluding carboxylic acids is 1. The van der Waals surface area contributed by atoms with Gasteiger partial charge in [-0.2, -0.15) is 0 Å². The molecule has 0 spiro atoms. The van der Waals surface area contributed by atoms with Crippen molar-refractivity contribution in [2.45, 2.75) is 47.5 Å². The first kappa shape index (κ1) is 12.2.